The summed E-state index contributed by atoms with van der Waals surface area (Å²) in [6.45, 7) is 5.47. The van der Waals surface area contributed by atoms with Gasteiger partial charge in [0.2, 0.25) is 0 Å². The van der Waals surface area contributed by atoms with E-state index >= 15 is 0 Å². The Labute approximate surface area is 64.3 Å². The van der Waals surface area contributed by atoms with E-state index < -0.39 is 11.5 Å². The number of hydrogen-bond donors (Lipinski definition) is 1. The largest absolute Gasteiger partial charge is 0.345 e. The molecule has 0 aromatic carbocycles. The van der Waals surface area contributed by atoms with Gasteiger partial charge in [-0.15, -0.1) is 0 Å². The van der Waals surface area contributed by atoms with E-state index in [4.69, 9.17) is 0 Å². The van der Waals surface area contributed by atoms with Gasteiger partial charge in [-0.1, -0.05) is 13.8 Å². The lowest BCUT2D eigenvalue weighted by Crippen LogP contribution is -2.11. The van der Waals surface area contributed by atoms with Crippen molar-refractivity contribution in [2.24, 2.45) is 0 Å². The quantitative estimate of drug-likeness (QED) is 0.617. The Bertz CT molecular complexity index is 269. The van der Waals surface area contributed by atoms with E-state index in [1.165, 1.54) is 6.92 Å². The van der Waals surface area contributed by atoms with Gasteiger partial charge in [0.1, 0.15) is 0 Å². The van der Waals surface area contributed by atoms with Crippen molar-refractivity contribution >= 4 is 0 Å². The number of aromatic amines is 1. The van der Waals surface area contributed by atoms with Gasteiger partial charge in [-0.05, 0) is 6.92 Å². The molecule has 11 heavy (non-hydrogen) atoms. The molecule has 0 aliphatic heterocycles. The first kappa shape index (κ1) is 9.81. The molecular weight excluding hydrogens is 147 g/mol. The zero-order chi connectivity index (χ0) is 8.85. The molecule has 0 aliphatic rings. The summed E-state index contributed by atoms with van der Waals surface area (Å²) in [5.41, 5.74) is -0.302. The van der Waals surface area contributed by atoms with Crippen molar-refractivity contribution in [3.8, 4) is 0 Å². The summed E-state index contributed by atoms with van der Waals surface area (Å²) >= 11 is 0. The smallest absolute Gasteiger partial charge is 0.307 e. The number of nitrogens with zero attached hydrogens (tertiary/aromatic N) is 1. The van der Waals surface area contributed by atoms with Crippen LogP contribution in [-0.2, 0) is 0 Å². The van der Waals surface area contributed by atoms with Gasteiger partial charge in [-0.3, -0.25) is 0 Å². The fraction of sp³-hybridized carbons (Fsp3) is 0.429. The zero-order valence-electron chi connectivity index (χ0n) is 6.81. The fourth-order valence-electron chi connectivity index (χ4n) is 0.465. The van der Waals surface area contributed by atoms with E-state index in [9.17, 15) is 9.18 Å². The highest BCUT2D eigenvalue weighted by molar-refractivity contribution is 4.97. The molecule has 0 amide bonds. The monoisotopic (exact) mass is 158 g/mol. The molecule has 0 radical (unpaired) electrons. The first-order valence-corrected chi connectivity index (χ1v) is 3.41. The summed E-state index contributed by atoms with van der Waals surface area (Å²) in [7, 11) is 0. The second kappa shape index (κ2) is 4.60. The van der Waals surface area contributed by atoms with Crippen LogP contribution in [-0.4, -0.2) is 9.97 Å². The zero-order valence-corrected chi connectivity index (χ0v) is 6.81. The van der Waals surface area contributed by atoms with E-state index in [1.54, 1.807) is 0 Å². The summed E-state index contributed by atoms with van der Waals surface area (Å²) in [5.74, 6) is -0.491. The maximum Gasteiger partial charge on any atom is 0.345 e. The Kier molecular flexibility index (Phi) is 4.10. The molecule has 0 saturated heterocycles. The third kappa shape index (κ3) is 2.93. The minimum Gasteiger partial charge on any atom is -0.307 e. The molecule has 0 atom stereocenters. The van der Waals surface area contributed by atoms with Crippen LogP contribution in [0.3, 0.4) is 0 Å². The van der Waals surface area contributed by atoms with Crippen molar-refractivity contribution in [1.29, 1.82) is 0 Å². The van der Waals surface area contributed by atoms with E-state index in [0.29, 0.717) is 0 Å². The Balaban J connectivity index is 0.000000461. The molecule has 0 spiro atoms. The highest BCUT2D eigenvalue weighted by atomic mass is 19.1. The van der Waals surface area contributed by atoms with Gasteiger partial charge < -0.3 is 4.98 Å². The van der Waals surface area contributed by atoms with Crippen LogP contribution in [0.2, 0.25) is 0 Å². The van der Waals surface area contributed by atoms with Crippen LogP contribution in [0.4, 0.5) is 4.39 Å². The molecule has 62 valence electrons. The molecule has 0 unspecified atom stereocenters. The molecule has 1 aromatic heterocycles. The van der Waals surface area contributed by atoms with Gasteiger partial charge in [-0.25, -0.2) is 9.18 Å². The first-order valence-electron chi connectivity index (χ1n) is 3.41. The maximum absolute atomic E-state index is 12.3. The predicted octanol–water partition coefficient (Wildman–Crippen LogP) is 1.24. The van der Waals surface area contributed by atoms with E-state index in [0.717, 1.165) is 6.20 Å². The van der Waals surface area contributed by atoms with Crippen LogP contribution >= 0.6 is 0 Å². The lowest BCUT2D eigenvalue weighted by Gasteiger charge is -1.89. The molecule has 0 saturated carbocycles. The number of rotatable bonds is 0. The van der Waals surface area contributed by atoms with Crippen molar-refractivity contribution in [2.45, 2.75) is 20.8 Å². The average molecular weight is 158 g/mol. The van der Waals surface area contributed by atoms with Crippen molar-refractivity contribution in [3.63, 3.8) is 0 Å². The molecule has 0 fully saturated rings. The normalized spacial score (nSPS) is 8.36. The molecule has 4 heteroatoms. The number of halogens is 1. The molecule has 1 aromatic rings. The molecule has 1 N–H and O–H groups in total. The Morgan fingerprint density at radius 1 is 1.55 bits per heavy atom. The van der Waals surface area contributed by atoms with Gasteiger partial charge in [0.15, 0.2) is 5.82 Å². The number of nitrogens with one attached hydrogen (secondary N) is 1. The molecular formula is C7H11FN2O. The van der Waals surface area contributed by atoms with E-state index in [1.807, 2.05) is 13.8 Å². The molecule has 0 bridgehead atoms. The first-order chi connectivity index (χ1) is 5.20. The van der Waals surface area contributed by atoms with Gasteiger partial charge in [-0.2, -0.15) is 4.98 Å². The summed E-state index contributed by atoms with van der Waals surface area (Å²) in [6, 6.07) is 0. The predicted molar refractivity (Wildman–Crippen MR) is 40.9 cm³/mol. The molecule has 0 aliphatic carbocycles. The summed E-state index contributed by atoms with van der Waals surface area (Å²) < 4.78 is 12.3. The topological polar surface area (TPSA) is 45.8 Å². The second-order valence-electron chi connectivity index (χ2n) is 1.66. The van der Waals surface area contributed by atoms with Crippen LogP contribution in [0.15, 0.2) is 11.0 Å². The standard InChI is InChI=1S/C5H5FN2O.C2H6/c1-3-4(6)2-7-5(9)8-3;1-2/h2H,1H3,(H,7,8,9);1-2H3. The Morgan fingerprint density at radius 2 is 2.09 bits per heavy atom. The summed E-state index contributed by atoms with van der Waals surface area (Å²) in [6.07, 6.45) is 0.897. The van der Waals surface area contributed by atoms with Crippen LogP contribution in [0, 0.1) is 12.7 Å². The summed E-state index contributed by atoms with van der Waals surface area (Å²) in [4.78, 5) is 15.7. The van der Waals surface area contributed by atoms with Crippen molar-refractivity contribution in [2.75, 3.05) is 0 Å². The number of aromatic nitrogens is 2. The number of H-pyrrole nitrogens is 1. The van der Waals surface area contributed by atoms with Crippen molar-refractivity contribution in [3.05, 3.63) is 28.2 Å². The molecule has 3 nitrogen and oxygen atoms in total. The summed E-state index contributed by atoms with van der Waals surface area (Å²) in [5, 5.41) is 0. The van der Waals surface area contributed by atoms with Crippen LogP contribution < -0.4 is 5.69 Å². The highest BCUT2D eigenvalue weighted by Crippen LogP contribution is 1.93. The van der Waals surface area contributed by atoms with Crippen molar-refractivity contribution < 1.29 is 4.39 Å². The average Bonchev–Trinajstić information content (AvgIpc) is 2.02. The lowest BCUT2D eigenvalue weighted by atomic mass is 10.4. The van der Waals surface area contributed by atoms with E-state index in [-0.39, 0.29) is 5.69 Å². The minimum atomic E-state index is -0.520. The highest BCUT2D eigenvalue weighted by Gasteiger charge is 1.94. The minimum absolute atomic E-state index is 0.218. The molecule has 1 rings (SSSR count). The number of aryl methyl sites for hydroxylation is 1. The van der Waals surface area contributed by atoms with Crippen molar-refractivity contribution in [1.82, 2.24) is 9.97 Å². The SMILES string of the molecule is CC.Cc1[nH]c(=O)ncc1F. The maximum atomic E-state index is 12.3. The third-order valence-electron chi connectivity index (χ3n) is 0.948. The van der Waals surface area contributed by atoms with Gasteiger partial charge in [0, 0.05) is 0 Å². The van der Waals surface area contributed by atoms with Gasteiger partial charge in [0.05, 0.1) is 11.9 Å². The Hall–Kier alpha value is -1.19. The second-order valence-corrected chi connectivity index (χ2v) is 1.66. The van der Waals surface area contributed by atoms with Crippen LogP contribution in [0.25, 0.3) is 0 Å². The fourth-order valence-corrected chi connectivity index (χ4v) is 0.465. The van der Waals surface area contributed by atoms with Crippen LogP contribution in [0.5, 0.6) is 0 Å². The number of hydrogen-bond acceptors (Lipinski definition) is 2. The Morgan fingerprint density at radius 3 is 2.45 bits per heavy atom. The van der Waals surface area contributed by atoms with Crippen LogP contribution in [0.1, 0.15) is 19.5 Å². The van der Waals surface area contributed by atoms with Gasteiger partial charge >= 0.3 is 5.69 Å². The molecule has 1 heterocycles. The van der Waals surface area contributed by atoms with Gasteiger partial charge in [0.25, 0.3) is 0 Å². The third-order valence-corrected chi connectivity index (χ3v) is 0.948. The van der Waals surface area contributed by atoms with E-state index in [2.05, 4.69) is 9.97 Å². The lowest BCUT2D eigenvalue weighted by molar-refractivity contribution is 0.598.